The number of ether oxygens (including phenoxy) is 1. The van der Waals surface area contributed by atoms with Crippen LogP contribution in [0.5, 0.6) is 0 Å². The lowest BCUT2D eigenvalue weighted by Crippen LogP contribution is -2.22. The van der Waals surface area contributed by atoms with Crippen LogP contribution < -0.4 is 4.90 Å². The molecule has 1 unspecified atom stereocenters. The maximum atomic E-state index is 11.5. The number of β-amino-alcohol motifs (C(OH)–C–C–N with tert-alkyl or cyclic N) is 1. The van der Waals surface area contributed by atoms with E-state index in [1.165, 1.54) is 25.3 Å². The molecule has 1 heterocycles. The second-order valence-corrected chi connectivity index (χ2v) is 4.34. The molecule has 0 radical (unpaired) electrons. The molecule has 1 fully saturated rings. The molecule has 1 aromatic rings. The molecule has 0 spiro atoms. The van der Waals surface area contributed by atoms with E-state index in [1.54, 1.807) is 4.90 Å². The Kier molecular flexibility index (Phi) is 3.66. The predicted molar refractivity (Wildman–Crippen MR) is 67.3 cm³/mol. The minimum atomic E-state index is -0.545. The summed E-state index contributed by atoms with van der Waals surface area (Å²) < 4.78 is 4.60. The fourth-order valence-corrected chi connectivity index (χ4v) is 2.14. The second kappa shape index (κ2) is 5.23. The molecule has 0 aromatic heterocycles. The molecule has 1 aromatic carbocycles. The number of hydrogen-bond donors (Lipinski definition) is 1. The average molecular weight is 266 g/mol. The smallest absolute Gasteiger partial charge is 0.337 e. The van der Waals surface area contributed by atoms with E-state index in [9.17, 15) is 20.0 Å². The molecule has 0 bridgehead atoms. The number of hydrogen-bond acceptors (Lipinski definition) is 6. The van der Waals surface area contributed by atoms with E-state index in [0.717, 1.165) is 0 Å². The number of benzene rings is 1. The fraction of sp³-hybridized carbons (Fsp3) is 0.417. The van der Waals surface area contributed by atoms with Gasteiger partial charge in [-0.2, -0.15) is 0 Å². The molecule has 7 nitrogen and oxygen atoms in total. The number of rotatable bonds is 3. The van der Waals surface area contributed by atoms with E-state index < -0.39 is 17.0 Å². The van der Waals surface area contributed by atoms with Gasteiger partial charge in [-0.3, -0.25) is 10.1 Å². The Hall–Kier alpha value is -2.15. The van der Waals surface area contributed by atoms with Crippen molar-refractivity contribution in [3.05, 3.63) is 33.9 Å². The molecular formula is C12H14N2O5. The van der Waals surface area contributed by atoms with Gasteiger partial charge in [0.2, 0.25) is 0 Å². The summed E-state index contributed by atoms with van der Waals surface area (Å²) >= 11 is 0. The van der Waals surface area contributed by atoms with Crippen LogP contribution in [0.15, 0.2) is 18.2 Å². The molecule has 1 atom stereocenters. The maximum absolute atomic E-state index is 11.5. The maximum Gasteiger partial charge on any atom is 0.337 e. The van der Waals surface area contributed by atoms with Crippen LogP contribution in [0.2, 0.25) is 0 Å². The number of aliphatic hydroxyl groups excluding tert-OH is 1. The first kappa shape index (κ1) is 13.3. The summed E-state index contributed by atoms with van der Waals surface area (Å²) in [5, 5.41) is 20.5. The van der Waals surface area contributed by atoms with Gasteiger partial charge in [-0.25, -0.2) is 4.79 Å². The molecule has 7 heteroatoms. The van der Waals surface area contributed by atoms with Crippen molar-refractivity contribution in [2.75, 3.05) is 25.1 Å². The lowest BCUT2D eigenvalue weighted by Gasteiger charge is -2.18. The number of nitro benzene ring substituents is 1. The first-order valence-corrected chi connectivity index (χ1v) is 5.82. The molecule has 1 aliphatic rings. The van der Waals surface area contributed by atoms with Crippen molar-refractivity contribution in [3.63, 3.8) is 0 Å². The van der Waals surface area contributed by atoms with Gasteiger partial charge in [0, 0.05) is 19.2 Å². The molecule has 19 heavy (non-hydrogen) atoms. The summed E-state index contributed by atoms with van der Waals surface area (Å²) in [5.41, 5.74) is 0.510. The highest BCUT2D eigenvalue weighted by Gasteiger charge is 2.27. The Labute approximate surface area is 109 Å². The number of methoxy groups -OCH3 is 1. The topological polar surface area (TPSA) is 92.9 Å². The van der Waals surface area contributed by atoms with Gasteiger partial charge in [0.15, 0.2) is 0 Å². The first-order valence-electron chi connectivity index (χ1n) is 5.82. The minimum Gasteiger partial charge on any atom is -0.465 e. The SMILES string of the molecule is COC(=O)c1ccc([N+](=O)[O-])c(N2CCC(O)C2)c1. The van der Waals surface area contributed by atoms with Gasteiger partial charge in [0.1, 0.15) is 5.69 Å². The summed E-state index contributed by atoms with van der Waals surface area (Å²) in [6.07, 6.45) is 0.0564. The fourth-order valence-electron chi connectivity index (χ4n) is 2.14. The van der Waals surface area contributed by atoms with Crippen LogP contribution in [0.3, 0.4) is 0 Å². The minimum absolute atomic E-state index is 0.0817. The first-order chi connectivity index (χ1) is 9.02. The third-order valence-corrected chi connectivity index (χ3v) is 3.10. The lowest BCUT2D eigenvalue weighted by atomic mass is 10.1. The third-order valence-electron chi connectivity index (χ3n) is 3.10. The van der Waals surface area contributed by atoms with Gasteiger partial charge in [-0.05, 0) is 18.6 Å². The predicted octanol–water partition coefficient (Wildman–Crippen LogP) is 0.952. The molecule has 0 saturated carbocycles. The lowest BCUT2D eigenvalue weighted by molar-refractivity contribution is -0.384. The quantitative estimate of drug-likeness (QED) is 0.497. The van der Waals surface area contributed by atoms with Crippen LogP contribution in [0.25, 0.3) is 0 Å². The molecule has 102 valence electrons. The Morgan fingerprint density at radius 3 is 2.84 bits per heavy atom. The number of carbonyl (C=O) groups is 1. The Balaban J connectivity index is 2.42. The number of anilines is 1. The van der Waals surface area contributed by atoms with Crippen molar-refractivity contribution in [1.29, 1.82) is 0 Å². The standard InChI is InChI=1S/C12H14N2O5/c1-19-12(16)8-2-3-10(14(17)18)11(6-8)13-5-4-9(15)7-13/h2-3,6,9,15H,4-5,7H2,1H3. The summed E-state index contributed by atoms with van der Waals surface area (Å²) in [6.45, 7) is 0.845. The zero-order valence-electron chi connectivity index (χ0n) is 10.4. The van der Waals surface area contributed by atoms with Crippen LogP contribution in [0.4, 0.5) is 11.4 Å². The van der Waals surface area contributed by atoms with Gasteiger partial charge >= 0.3 is 5.97 Å². The Morgan fingerprint density at radius 2 is 2.32 bits per heavy atom. The highest BCUT2D eigenvalue weighted by Crippen LogP contribution is 2.31. The number of esters is 1. The highest BCUT2D eigenvalue weighted by atomic mass is 16.6. The van der Waals surface area contributed by atoms with Crippen LogP contribution in [-0.2, 0) is 4.74 Å². The second-order valence-electron chi connectivity index (χ2n) is 4.34. The third kappa shape index (κ3) is 2.65. The van der Waals surface area contributed by atoms with E-state index in [2.05, 4.69) is 4.74 Å². The number of nitro groups is 1. The van der Waals surface area contributed by atoms with Gasteiger partial charge in [-0.1, -0.05) is 0 Å². The molecule has 2 rings (SSSR count). The van der Waals surface area contributed by atoms with Crippen LogP contribution in [0.1, 0.15) is 16.8 Å². The molecular weight excluding hydrogens is 252 g/mol. The van der Waals surface area contributed by atoms with Crippen molar-refractivity contribution >= 4 is 17.3 Å². The molecule has 0 amide bonds. The molecule has 0 aliphatic carbocycles. The number of aliphatic hydroxyl groups is 1. The highest BCUT2D eigenvalue weighted by molar-refractivity contribution is 5.91. The number of carbonyl (C=O) groups excluding carboxylic acids is 1. The van der Waals surface area contributed by atoms with Crippen molar-refractivity contribution in [2.24, 2.45) is 0 Å². The van der Waals surface area contributed by atoms with Crippen LogP contribution in [0, 0.1) is 10.1 Å². The van der Waals surface area contributed by atoms with Crippen LogP contribution in [-0.4, -0.2) is 42.3 Å². The van der Waals surface area contributed by atoms with Gasteiger partial charge in [0.05, 0.1) is 23.7 Å². The molecule has 1 N–H and O–H groups in total. The summed E-state index contributed by atoms with van der Waals surface area (Å²) in [6, 6.07) is 4.08. The van der Waals surface area contributed by atoms with Gasteiger partial charge < -0.3 is 14.7 Å². The monoisotopic (exact) mass is 266 g/mol. The van der Waals surface area contributed by atoms with E-state index in [4.69, 9.17) is 0 Å². The Morgan fingerprint density at radius 1 is 1.58 bits per heavy atom. The summed E-state index contributed by atoms with van der Waals surface area (Å²) in [7, 11) is 1.25. The van der Waals surface area contributed by atoms with E-state index >= 15 is 0 Å². The average Bonchev–Trinajstić information content (AvgIpc) is 2.83. The molecule has 1 saturated heterocycles. The van der Waals surface area contributed by atoms with Crippen molar-refractivity contribution in [1.82, 2.24) is 0 Å². The largest absolute Gasteiger partial charge is 0.465 e. The van der Waals surface area contributed by atoms with Crippen LogP contribution >= 0.6 is 0 Å². The summed E-state index contributed by atoms with van der Waals surface area (Å²) in [4.78, 5) is 23.7. The van der Waals surface area contributed by atoms with Crippen molar-refractivity contribution in [3.8, 4) is 0 Å². The van der Waals surface area contributed by atoms with Gasteiger partial charge in [0.25, 0.3) is 5.69 Å². The van der Waals surface area contributed by atoms with E-state index in [1.807, 2.05) is 0 Å². The van der Waals surface area contributed by atoms with Gasteiger partial charge in [-0.15, -0.1) is 0 Å². The Bertz CT molecular complexity index is 517. The summed E-state index contributed by atoms with van der Waals surface area (Å²) in [5.74, 6) is -0.545. The molecule has 1 aliphatic heterocycles. The van der Waals surface area contributed by atoms with E-state index in [-0.39, 0.29) is 11.3 Å². The number of nitrogens with zero attached hydrogens (tertiary/aromatic N) is 2. The zero-order valence-corrected chi connectivity index (χ0v) is 10.4. The normalized spacial score (nSPS) is 18.4. The zero-order chi connectivity index (χ0) is 14.0. The van der Waals surface area contributed by atoms with Crippen molar-refractivity contribution in [2.45, 2.75) is 12.5 Å². The van der Waals surface area contributed by atoms with Crippen molar-refractivity contribution < 1.29 is 19.6 Å². The van der Waals surface area contributed by atoms with E-state index in [0.29, 0.717) is 25.2 Å².